The third-order valence-corrected chi connectivity index (χ3v) is 4.62. The minimum atomic E-state index is -0.0302. The number of unbranched alkanes of at least 4 members (excludes halogenated alkanes) is 1. The number of carbonyl (C=O) groups excluding carboxylic acids is 1. The average molecular weight is 359 g/mol. The van der Waals surface area contributed by atoms with Gasteiger partial charge < -0.3 is 10.6 Å². The number of amides is 1. The minimum Gasteiger partial charge on any atom is -0.383 e. The summed E-state index contributed by atoms with van der Waals surface area (Å²) in [6, 6.07) is -0.0302. The third-order valence-electron chi connectivity index (χ3n) is 4.62. The van der Waals surface area contributed by atoms with Crippen LogP contribution in [0.1, 0.15) is 72.1 Å². The summed E-state index contributed by atoms with van der Waals surface area (Å²) in [4.78, 5) is 12.4. The van der Waals surface area contributed by atoms with Gasteiger partial charge in [-0.1, -0.05) is 69.7 Å². The van der Waals surface area contributed by atoms with E-state index in [2.05, 4.69) is 62.8 Å². The van der Waals surface area contributed by atoms with Gasteiger partial charge in [-0.3, -0.25) is 4.79 Å². The van der Waals surface area contributed by atoms with E-state index in [1.54, 1.807) is 0 Å². The second-order valence-corrected chi connectivity index (χ2v) is 7.74. The zero-order valence-electron chi connectivity index (χ0n) is 17.1. The van der Waals surface area contributed by atoms with Crippen LogP contribution in [0.3, 0.4) is 0 Å². The van der Waals surface area contributed by atoms with Crippen molar-refractivity contribution in [3.8, 4) is 0 Å². The van der Waals surface area contributed by atoms with Gasteiger partial charge in [0.25, 0.3) is 0 Å². The van der Waals surface area contributed by atoms with Crippen molar-refractivity contribution in [2.45, 2.75) is 78.2 Å². The first kappa shape index (κ1) is 22.3. The standard InChI is InChI=1S/C23H38N2O/c1-6-7-11-19(4)17-24-20(5)22(16-18(2)3)25-23(26)15-14-21-12-9-8-10-13-21/h9,12-13,18,22,24H,4-8,10-11,14-17H2,1-3H3,(H,25,26)/t22-/m0/s1. The van der Waals surface area contributed by atoms with Crippen LogP contribution in [0.25, 0.3) is 0 Å². The molecular weight excluding hydrogens is 320 g/mol. The van der Waals surface area contributed by atoms with Crippen molar-refractivity contribution in [1.29, 1.82) is 0 Å². The Labute approximate surface area is 160 Å². The van der Waals surface area contributed by atoms with Crippen LogP contribution in [0, 0.1) is 5.92 Å². The van der Waals surface area contributed by atoms with E-state index < -0.39 is 0 Å². The molecule has 0 bridgehead atoms. The Morgan fingerprint density at radius 2 is 2.00 bits per heavy atom. The van der Waals surface area contributed by atoms with E-state index in [-0.39, 0.29) is 11.9 Å². The van der Waals surface area contributed by atoms with Crippen molar-refractivity contribution < 1.29 is 4.79 Å². The molecule has 0 saturated heterocycles. The van der Waals surface area contributed by atoms with Crippen LogP contribution < -0.4 is 10.6 Å². The number of hydrogen-bond donors (Lipinski definition) is 2. The normalized spacial score (nSPS) is 14.7. The Hall–Kier alpha value is -1.77. The second-order valence-electron chi connectivity index (χ2n) is 7.74. The lowest BCUT2D eigenvalue weighted by atomic mass is 10.00. The Kier molecular flexibility index (Phi) is 10.8. The zero-order chi connectivity index (χ0) is 19.4. The Morgan fingerprint density at radius 3 is 2.62 bits per heavy atom. The minimum absolute atomic E-state index is 0.0302. The highest BCUT2D eigenvalue weighted by atomic mass is 16.1. The fourth-order valence-electron chi connectivity index (χ4n) is 3.01. The monoisotopic (exact) mass is 358 g/mol. The molecule has 0 unspecified atom stereocenters. The van der Waals surface area contributed by atoms with Gasteiger partial charge >= 0.3 is 0 Å². The Morgan fingerprint density at radius 1 is 1.23 bits per heavy atom. The van der Waals surface area contributed by atoms with Crippen LogP contribution in [0.4, 0.5) is 0 Å². The molecule has 1 amide bonds. The Bertz CT molecular complexity index is 528. The van der Waals surface area contributed by atoms with Crippen molar-refractivity contribution in [1.82, 2.24) is 10.6 Å². The van der Waals surface area contributed by atoms with Crippen LogP contribution in [0.15, 0.2) is 48.2 Å². The van der Waals surface area contributed by atoms with Crippen LogP contribution in [0.2, 0.25) is 0 Å². The fraction of sp³-hybridized carbons (Fsp3) is 0.609. The quantitative estimate of drug-likeness (QED) is 0.431. The van der Waals surface area contributed by atoms with Crippen molar-refractivity contribution in [2.75, 3.05) is 6.54 Å². The molecule has 0 fully saturated rings. The van der Waals surface area contributed by atoms with Gasteiger partial charge in [0.05, 0.1) is 6.04 Å². The first-order chi connectivity index (χ1) is 12.4. The van der Waals surface area contributed by atoms with Gasteiger partial charge in [-0.2, -0.15) is 0 Å². The summed E-state index contributed by atoms with van der Waals surface area (Å²) in [5, 5.41) is 6.55. The van der Waals surface area contributed by atoms with Gasteiger partial charge in [0, 0.05) is 18.7 Å². The lowest BCUT2D eigenvalue weighted by molar-refractivity contribution is -0.121. The summed E-state index contributed by atoms with van der Waals surface area (Å²) >= 11 is 0. The maximum Gasteiger partial charge on any atom is 0.220 e. The number of allylic oxidation sites excluding steroid dienone is 4. The molecule has 0 aromatic rings. The zero-order valence-corrected chi connectivity index (χ0v) is 17.1. The highest BCUT2D eigenvalue weighted by Gasteiger charge is 2.17. The highest BCUT2D eigenvalue weighted by molar-refractivity contribution is 5.77. The largest absolute Gasteiger partial charge is 0.383 e. The summed E-state index contributed by atoms with van der Waals surface area (Å²) in [5.41, 5.74) is 3.36. The summed E-state index contributed by atoms with van der Waals surface area (Å²) < 4.78 is 0. The number of rotatable bonds is 13. The summed E-state index contributed by atoms with van der Waals surface area (Å²) in [6.45, 7) is 15.6. The molecule has 146 valence electrons. The SMILES string of the molecule is C=C(CCCC)CNC(=C)[C@H](CC(C)C)NC(=O)CCC1=CCCC=C1. The molecule has 0 heterocycles. The predicted octanol–water partition coefficient (Wildman–Crippen LogP) is 5.42. The maximum absolute atomic E-state index is 12.4. The first-order valence-electron chi connectivity index (χ1n) is 10.2. The smallest absolute Gasteiger partial charge is 0.220 e. The van der Waals surface area contributed by atoms with E-state index in [0.717, 1.165) is 44.3 Å². The van der Waals surface area contributed by atoms with Gasteiger partial charge in [0.1, 0.15) is 0 Å². The molecule has 2 N–H and O–H groups in total. The van der Waals surface area contributed by atoms with E-state index >= 15 is 0 Å². The average Bonchev–Trinajstić information content (AvgIpc) is 2.62. The molecule has 1 rings (SSSR count). The predicted molar refractivity (Wildman–Crippen MR) is 113 cm³/mol. The molecular formula is C23H38N2O. The highest BCUT2D eigenvalue weighted by Crippen LogP contribution is 2.16. The summed E-state index contributed by atoms with van der Waals surface area (Å²) in [5.74, 6) is 0.592. The molecule has 0 saturated carbocycles. The molecule has 1 aliphatic rings. The van der Waals surface area contributed by atoms with E-state index in [1.807, 2.05) is 0 Å². The first-order valence-corrected chi connectivity index (χ1v) is 10.2. The van der Waals surface area contributed by atoms with Gasteiger partial charge in [-0.25, -0.2) is 0 Å². The van der Waals surface area contributed by atoms with Crippen molar-refractivity contribution in [3.05, 3.63) is 48.2 Å². The van der Waals surface area contributed by atoms with Crippen LogP contribution in [-0.2, 0) is 4.79 Å². The summed E-state index contributed by atoms with van der Waals surface area (Å²) in [6.07, 6.45) is 14.4. The lowest BCUT2D eigenvalue weighted by Crippen LogP contribution is -2.41. The number of carbonyl (C=O) groups is 1. The van der Waals surface area contributed by atoms with E-state index in [9.17, 15) is 4.79 Å². The molecule has 0 radical (unpaired) electrons. The van der Waals surface area contributed by atoms with Crippen molar-refractivity contribution in [3.63, 3.8) is 0 Å². The van der Waals surface area contributed by atoms with Crippen LogP contribution in [-0.4, -0.2) is 18.5 Å². The molecule has 0 spiro atoms. The van der Waals surface area contributed by atoms with Gasteiger partial charge in [0.2, 0.25) is 5.91 Å². The Balaban J connectivity index is 2.46. The molecule has 0 aliphatic heterocycles. The van der Waals surface area contributed by atoms with E-state index in [0.29, 0.717) is 12.3 Å². The molecule has 3 nitrogen and oxygen atoms in total. The molecule has 26 heavy (non-hydrogen) atoms. The van der Waals surface area contributed by atoms with Crippen LogP contribution >= 0.6 is 0 Å². The molecule has 0 aromatic carbocycles. The van der Waals surface area contributed by atoms with E-state index in [1.165, 1.54) is 24.0 Å². The number of hydrogen-bond acceptors (Lipinski definition) is 2. The molecule has 3 heteroatoms. The third kappa shape index (κ3) is 9.65. The fourth-order valence-corrected chi connectivity index (χ4v) is 3.01. The second kappa shape index (κ2) is 12.6. The maximum atomic E-state index is 12.4. The molecule has 1 aliphatic carbocycles. The van der Waals surface area contributed by atoms with Gasteiger partial charge in [0.15, 0.2) is 0 Å². The van der Waals surface area contributed by atoms with Gasteiger partial charge in [-0.05, 0) is 44.4 Å². The molecule has 1 atom stereocenters. The van der Waals surface area contributed by atoms with Crippen molar-refractivity contribution in [2.24, 2.45) is 5.92 Å². The number of nitrogens with one attached hydrogen (secondary N) is 2. The summed E-state index contributed by atoms with van der Waals surface area (Å²) in [7, 11) is 0. The van der Waals surface area contributed by atoms with Crippen molar-refractivity contribution >= 4 is 5.91 Å². The lowest BCUT2D eigenvalue weighted by Gasteiger charge is -2.24. The van der Waals surface area contributed by atoms with Crippen LogP contribution in [0.5, 0.6) is 0 Å². The van der Waals surface area contributed by atoms with Gasteiger partial charge in [-0.15, -0.1) is 0 Å². The van der Waals surface area contributed by atoms with E-state index in [4.69, 9.17) is 0 Å². The molecule has 0 aromatic heterocycles. The topological polar surface area (TPSA) is 41.1 Å².